The predicted molar refractivity (Wildman–Crippen MR) is 62.7 cm³/mol. The molecule has 0 saturated carbocycles. The molecule has 1 heterocycles. The van der Waals surface area contributed by atoms with Crippen LogP contribution in [0.1, 0.15) is 34.1 Å². The van der Waals surface area contributed by atoms with Gasteiger partial charge in [0.05, 0.1) is 12.5 Å². The lowest BCUT2D eigenvalue weighted by Crippen LogP contribution is -2.38. The van der Waals surface area contributed by atoms with Gasteiger partial charge in [-0.25, -0.2) is 9.69 Å². The predicted octanol–water partition coefficient (Wildman–Crippen LogP) is 1.33. The Morgan fingerprint density at radius 1 is 1.39 bits per heavy atom. The lowest BCUT2D eigenvalue weighted by molar-refractivity contribution is -0.147. The summed E-state index contributed by atoms with van der Waals surface area (Å²) in [6, 6.07) is 0. The van der Waals surface area contributed by atoms with Gasteiger partial charge in [0, 0.05) is 13.0 Å². The van der Waals surface area contributed by atoms with Gasteiger partial charge in [-0.1, -0.05) is 0 Å². The fraction of sp³-hybridized carbons (Fsp3) is 0.750. The second-order valence-corrected chi connectivity index (χ2v) is 5.14. The molecule has 1 unspecified atom stereocenters. The van der Waals surface area contributed by atoms with Crippen LogP contribution in [0.2, 0.25) is 0 Å². The number of likely N-dealkylation sites (tertiary alicyclic amines) is 1. The fourth-order valence-corrected chi connectivity index (χ4v) is 1.62. The molecule has 1 aliphatic heterocycles. The normalized spacial score (nSPS) is 19.9. The van der Waals surface area contributed by atoms with Crippen molar-refractivity contribution in [1.29, 1.82) is 0 Å². The Morgan fingerprint density at radius 3 is 2.50 bits per heavy atom. The average molecular weight is 257 g/mol. The van der Waals surface area contributed by atoms with E-state index >= 15 is 0 Å². The number of esters is 1. The maximum atomic E-state index is 11.7. The van der Waals surface area contributed by atoms with Gasteiger partial charge < -0.3 is 9.47 Å². The number of amides is 2. The summed E-state index contributed by atoms with van der Waals surface area (Å²) in [5, 5.41) is 0. The molecule has 2 amide bonds. The number of carbonyl (C=O) groups excluding carboxylic acids is 3. The summed E-state index contributed by atoms with van der Waals surface area (Å²) in [5.74, 6) is -1.43. The van der Waals surface area contributed by atoms with Gasteiger partial charge >= 0.3 is 12.1 Å². The number of carbonyl (C=O) groups is 3. The monoisotopic (exact) mass is 257 g/mol. The fourth-order valence-electron chi connectivity index (χ4n) is 1.62. The highest BCUT2D eigenvalue weighted by Crippen LogP contribution is 2.21. The van der Waals surface area contributed by atoms with E-state index in [0.717, 1.165) is 4.90 Å². The second-order valence-electron chi connectivity index (χ2n) is 5.14. The first-order valence-electron chi connectivity index (χ1n) is 5.94. The Balaban J connectivity index is 2.62. The van der Waals surface area contributed by atoms with Crippen LogP contribution in [0.25, 0.3) is 0 Å². The zero-order chi connectivity index (χ0) is 13.9. The van der Waals surface area contributed by atoms with E-state index in [1.807, 2.05) is 0 Å². The van der Waals surface area contributed by atoms with Crippen LogP contribution in [-0.4, -0.2) is 41.6 Å². The lowest BCUT2D eigenvalue weighted by Gasteiger charge is -2.23. The first-order chi connectivity index (χ1) is 8.24. The van der Waals surface area contributed by atoms with Gasteiger partial charge in [-0.05, 0) is 27.7 Å². The van der Waals surface area contributed by atoms with Crippen molar-refractivity contribution < 1.29 is 23.9 Å². The second kappa shape index (κ2) is 5.37. The van der Waals surface area contributed by atoms with Crippen LogP contribution >= 0.6 is 0 Å². The van der Waals surface area contributed by atoms with E-state index in [1.165, 1.54) is 0 Å². The van der Waals surface area contributed by atoms with E-state index in [0.29, 0.717) is 0 Å². The Morgan fingerprint density at radius 2 is 2.00 bits per heavy atom. The van der Waals surface area contributed by atoms with Gasteiger partial charge in [-0.3, -0.25) is 9.59 Å². The van der Waals surface area contributed by atoms with E-state index in [1.54, 1.807) is 27.7 Å². The van der Waals surface area contributed by atoms with Crippen LogP contribution in [0, 0.1) is 5.92 Å². The molecule has 1 atom stereocenters. The van der Waals surface area contributed by atoms with Gasteiger partial charge in [-0.15, -0.1) is 0 Å². The summed E-state index contributed by atoms with van der Waals surface area (Å²) >= 11 is 0. The van der Waals surface area contributed by atoms with Gasteiger partial charge in [0.2, 0.25) is 5.91 Å². The Bertz CT molecular complexity index is 358. The van der Waals surface area contributed by atoms with Crippen molar-refractivity contribution in [1.82, 2.24) is 4.90 Å². The number of nitrogens with zero attached hydrogens (tertiary/aromatic N) is 1. The van der Waals surface area contributed by atoms with Crippen LogP contribution in [0.5, 0.6) is 0 Å². The molecular formula is C12H19NO5. The Labute approximate surface area is 106 Å². The molecule has 0 aromatic heterocycles. The smallest absolute Gasteiger partial charge is 0.417 e. The van der Waals surface area contributed by atoms with E-state index < -0.39 is 29.5 Å². The summed E-state index contributed by atoms with van der Waals surface area (Å²) in [6.45, 7) is 7.14. The summed E-state index contributed by atoms with van der Waals surface area (Å²) in [5.41, 5.74) is -0.667. The maximum absolute atomic E-state index is 11.7. The van der Waals surface area contributed by atoms with Crippen molar-refractivity contribution in [3.8, 4) is 0 Å². The van der Waals surface area contributed by atoms with Gasteiger partial charge in [-0.2, -0.15) is 0 Å². The molecule has 0 aromatic rings. The standard InChI is InChI=1S/C12H19NO5/c1-5-17-10(15)8-6-9(14)13(7-8)11(16)18-12(2,3)4/h8H,5-7H2,1-4H3. The molecular weight excluding hydrogens is 238 g/mol. The molecule has 0 radical (unpaired) electrons. The maximum Gasteiger partial charge on any atom is 0.417 e. The summed E-state index contributed by atoms with van der Waals surface area (Å²) in [4.78, 5) is 35.8. The van der Waals surface area contributed by atoms with Crippen molar-refractivity contribution in [2.75, 3.05) is 13.2 Å². The number of ether oxygens (including phenoxy) is 2. The van der Waals surface area contributed by atoms with Crippen LogP contribution in [0.4, 0.5) is 4.79 Å². The first-order valence-corrected chi connectivity index (χ1v) is 5.94. The van der Waals surface area contributed by atoms with E-state index in [4.69, 9.17) is 9.47 Å². The number of hydrogen-bond donors (Lipinski definition) is 0. The first kappa shape index (κ1) is 14.5. The molecule has 1 saturated heterocycles. The molecule has 0 bridgehead atoms. The third-order valence-corrected chi connectivity index (χ3v) is 2.36. The van der Waals surface area contributed by atoms with Gasteiger partial charge in [0.1, 0.15) is 5.60 Å². The minimum atomic E-state index is -0.709. The molecule has 0 spiro atoms. The number of imide groups is 1. The molecule has 0 aliphatic carbocycles. The summed E-state index contributed by atoms with van der Waals surface area (Å²) in [7, 11) is 0. The molecule has 0 aromatic carbocycles. The zero-order valence-corrected chi connectivity index (χ0v) is 11.2. The lowest BCUT2D eigenvalue weighted by atomic mass is 10.1. The largest absolute Gasteiger partial charge is 0.466 e. The molecule has 1 rings (SSSR count). The Kier molecular flexibility index (Phi) is 4.32. The Hall–Kier alpha value is -1.59. The van der Waals surface area contributed by atoms with Crippen molar-refractivity contribution in [2.24, 2.45) is 5.92 Å². The molecule has 18 heavy (non-hydrogen) atoms. The minimum Gasteiger partial charge on any atom is -0.466 e. The summed E-state index contributed by atoms with van der Waals surface area (Å²) < 4.78 is 9.93. The van der Waals surface area contributed by atoms with E-state index in [-0.39, 0.29) is 19.6 Å². The van der Waals surface area contributed by atoms with Crippen molar-refractivity contribution in [3.63, 3.8) is 0 Å². The van der Waals surface area contributed by atoms with Crippen LogP contribution in [0.15, 0.2) is 0 Å². The summed E-state index contributed by atoms with van der Waals surface area (Å²) in [6.07, 6.45) is -0.711. The molecule has 1 fully saturated rings. The molecule has 0 N–H and O–H groups in total. The molecule has 1 aliphatic rings. The third kappa shape index (κ3) is 3.72. The highest BCUT2D eigenvalue weighted by Gasteiger charge is 2.40. The van der Waals surface area contributed by atoms with E-state index in [9.17, 15) is 14.4 Å². The van der Waals surface area contributed by atoms with Gasteiger partial charge in [0.25, 0.3) is 0 Å². The van der Waals surface area contributed by atoms with Crippen molar-refractivity contribution in [3.05, 3.63) is 0 Å². The molecule has 6 nitrogen and oxygen atoms in total. The number of hydrogen-bond acceptors (Lipinski definition) is 5. The highest BCUT2D eigenvalue weighted by atomic mass is 16.6. The van der Waals surface area contributed by atoms with Gasteiger partial charge in [0.15, 0.2) is 0 Å². The van der Waals surface area contributed by atoms with Crippen molar-refractivity contribution >= 4 is 18.0 Å². The van der Waals surface area contributed by atoms with Crippen LogP contribution in [-0.2, 0) is 19.1 Å². The quantitative estimate of drug-likeness (QED) is 0.698. The van der Waals surface area contributed by atoms with Crippen LogP contribution < -0.4 is 0 Å². The van der Waals surface area contributed by atoms with E-state index in [2.05, 4.69) is 0 Å². The van der Waals surface area contributed by atoms with Crippen LogP contribution in [0.3, 0.4) is 0 Å². The minimum absolute atomic E-state index is 0.00191. The molecule has 102 valence electrons. The highest BCUT2D eigenvalue weighted by molar-refractivity contribution is 5.97. The topological polar surface area (TPSA) is 72.9 Å². The third-order valence-electron chi connectivity index (χ3n) is 2.36. The number of rotatable bonds is 2. The SMILES string of the molecule is CCOC(=O)C1CC(=O)N(C(=O)OC(C)(C)C)C1. The zero-order valence-electron chi connectivity index (χ0n) is 11.2. The van der Waals surface area contributed by atoms with Crippen molar-refractivity contribution in [2.45, 2.75) is 39.7 Å². The average Bonchev–Trinajstić information content (AvgIpc) is 2.58. The molecule has 6 heteroatoms.